The number of aliphatic imine (C=N–C) groups is 1. The Balaban J connectivity index is 3.56. The number of hydrogen-bond donors (Lipinski definition) is 2. The lowest BCUT2D eigenvalue weighted by Crippen LogP contribution is -2.05. The fourth-order valence-corrected chi connectivity index (χ4v) is 0.614. The molecule has 0 aromatic heterocycles. The molecule has 0 fully saturated rings. The summed E-state index contributed by atoms with van der Waals surface area (Å²) in [6.45, 7) is 1.81. The highest BCUT2D eigenvalue weighted by Gasteiger charge is 1.90. The molecule has 0 aliphatic carbocycles. The number of amidine groups is 1. The average molecular weight is 131 g/mol. The number of rotatable bonds is 0. The van der Waals surface area contributed by atoms with E-state index >= 15 is 0 Å². The minimum Gasteiger partial charge on any atom is -0.378 e. The van der Waals surface area contributed by atoms with Crippen LogP contribution < -0.4 is 5.73 Å². The maximum Gasteiger partial charge on any atom is 0.157 e. The van der Waals surface area contributed by atoms with Crippen molar-refractivity contribution in [1.29, 1.82) is 5.41 Å². The molecular weight excluding hydrogens is 122 g/mol. The van der Waals surface area contributed by atoms with Crippen molar-refractivity contribution < 1.29 is 0 Å². The fraction of sp³-hybridized carbons (Fsp3) is 0.500. The second-order valence-electron chi connectivity index (χ2n) is 1.21. The van der Waals surface area contributed by atoms with Crippen LogP contribution in [-0.2, 0) is 0 Å². The van der Waals surface area contributed by atoms with E-state index < -0.39 is 0 Å². The predicted molar refractivity (Wildman–Crippen MR) is 38.5 cm³/mol. The fourth-order valence-electron chi connectivity index (χ4n) is 0.205. The number of nitrogens with one attached hydrogen (secondary N) is 1. The van der Waals surface area contributed by atoms with Crippen LogP contribution in [-0.4, -0.2) is 17.3 Å². The summed E-state index contributed by atoms with van der Waals surface area (Å²) in [5, 5.41) is 7.70. The van der Waals surface area contributed by atoms with Crippen LogP contribution >= 0.6 is 11.8 Å². The standard InChI is InChI=1S/C4H9N3S/c1-3(7-2)8-4(5)6/h1-2H3,(H3,5,6). The lowest BCUT2D eigenvalue weighted by atomic mass is 10.9. The van der Waals surface area contributed by atoms with Gasteiger partial charge in [0.2, 0.25) is 0 Å². The van der Waals surface area contributed by atoms with E-state index in [9.17, 15) is 0 Å². The van der Waals surface area contributed by atoms with Gasteiger partial charge in [0.15, 0.2) is 5.17 Å². The Kier molecular flexibility index (Phi) is 3.26. The van der Waals surface area contributed by atoms with Crippen molar-refractivity contribution in [2.24, 2.45) is 10.7 Å². The van der Waals surface area contributed by atoms with E-state index in [1.54, 1.807) is 7.05 Å². The summed E-state index contributed by atoms with van der Waals surface area (Å²) in [4.78, 5) is 3.79. The highest BCUT2D eigenvalue weighted by Crippen LogP contribution is 1.99. The van der Waals surface area contributed by atoms with Crippen LogP contribution in [0.2, 0.25) is 0 Å². The van der Waals surface area contributed by atoms with E-state index in [1.807, 2.05) is 6.92 Å². The van der Waals surface area contributed by atoms with Crippen LogP contribution in [0.25, 0.3) is 0 Å². The average Bonchev–Trinajstić information content (AvgIpc) is 1.65. The normalized spacial score (nSPS) is 11.5. The number of hydrogen-bond acceptors (Lipinski definition) is 3. The van der Waals surface area contributed by atoms with E-state index in [-0.39, 0.29) is 5.17 Å². The van der Waals surface area contributed by atoms with Gasteiger partial charge < -0.3 is 5.73 Å². The molecule has 0 radical (unpaired) electrons. The third-order valence-electron chi connectivity index (χ3n) is 0.573. The zero-order valence-electron chi connectivity index (χ0n) is 4.93. The summed E-state index contributed by atoms with van der Waals surface area (Å²) in [5.41, 5.74) is 5.03. The molecule has 0 atom stereocenters. The van der Waals surface area contributed by atoms with E-state index in [4.69, 9.17) is 11.1 Å². The van der Waals surface area contributed by atoms with Crippen molar-refractivity contribution in [3.63, 3.8) is 0 Å². The smallest absolute Gasteiger partial charge is 0.157 e. The Bertz CT molecular complexity index is 118. The highest BCUT2D eigenvalue weighted by atomic mass is 32.2. The minimum atomic E-state index is 0.0908. The summed E-state index contributed by atoms with van der Waals surface area (Å²) >= 11 is 1.17. The molecule has 4 heteroatoms. The van der Waals surface area contributed by atoms with E-state index in [1.165, 1.54) is 11.8 Å². The van der Waals surface area contributed by atoms with Gasteiger partial charge in [-0.05, 0) is 18.7 Å². The van der Waals surface area contributed by atoms with E-state index in [0.29, 0.717) is 0 Å². The van der Waals surface area contributed by atoms with Crippen molar-refractivity contribution in [3.05, 3.63) is 0 Å². The monoisotopic (exact) mass is 131 g/mol. The maximum atomic E-state index is 6.79. The second kappa shape index (κ2) is 3.49. The number of nitrogens with zero attached hydrogens (tertiary/aromatic N) is 1. The van der Waals surface area contributed by atoms with Gasteiger partial charge in [0.25, 0.3) is 0 Å². The lowest BCUT2D eigenvalue weighted by molar-refractivity contribution is 1.45. The second-order valence-corrected chi connectivity index (χ2v) is 2.44. The van der Waals surface area contributed by atoms with Gasteiger partial charge in [-0.1, -0.05) is 0 Å². The molecule has 0 bridgehead atoms. The molecule has 0 aliphatic heterocycles. The van der Waals surface area contributed by atoms with Crippen LogP contribution in [0, 0.1) is 5.41 Å². The molecule has 0 amide bonds. The van der Waals surface area contributed by atoms with Crippen LogP contribution in [0.1, 0.15) is 6.92 Å². The Morgan fingerprint density at radius 3 is 2.38 bits per heavy atom. The highest BCUT2D eigenvalue weighted by molar-refractivity contribution is 8.26. The molecule has 0 rings (SSSR count). The molecule has 0 saturated heterocycles. The van der Waals surface area contributed by atoms with Crippen LogP contribution in [0.4, 0.5) is 0 Å². The molecule has 0 heterocycles. The summed E-state index contributed by atoms with van der Waals surface area (Å²) in [5.74, 6) is 0. The van der Waals surface area contributed by atoms with Crippen LogP contribution in [0.15, 0.2) is 4.99 Å². The zero-order valence-corrected chi connectivity index (χ0v) is 5.75. The molecule has 0 unspecified atom stereocenters. The predicted octanol–water partition coefficient (Wildman–Crippen LogP) is 0.661. The Morgan fingerprint density at radius 1 is 1.75 bits per heavy atom. The first-order valence-corrected chi connectivity index (χ1v) is 2.93. The minimum absolute atomic E-state index is 0.0908. The Hall–Kier alpha value is -0.510. The molecule has 0 saturated carbocycles. The Labute approximate surface area is 52.9 Å². The van der Waals surface area contributed by atoms with Gasteiger partial charge in [0, 0.05) is 7.05 Å². The number of nitrogens with two attached hydrogens (primary N) is 1. The molecular formula is C4H9N3S. The van der Waals surface area contributed by atoms with Gasteiger partial charge in [-0.15, -0.1) is 0 Å². The largest absolute Gasteiger partial charge is 0.378 e. The third kappa shape index (κ3) is 3.67. The first-order valence-electron chi connectivity index (χ1n) is 2.12. The molecule has 3 nitrogen and oxygen atoms in total. The maximum absolute atomic E-state index is 6.79. The number of thioether (sulfide) groups is 1. The lowest BCUT2D eigenvalue weighted by Gasteiger charge is -1.92. The zero-order chi connectivity index (χ0) is 6.57. The van der Waals surface area contributed by atoms with E-state index in [0.717, 1.165) is 5.04 Å². The summed E-state index contributed by atoms with van der Waals surface area (Å²) in [7, 11) is 1.67. The van der Waals surface area contributed by atoms with Crippen molar-refractivity contribution in [2.45, 2.75) is 6.92 Å². The molecule has 3 N–H and O–H groups in total. The molecule has 0 spiro atoms. The van der Waals surface area contributed by atoms with Crippen LogP contribution in [0.3, 0.4) is 0 Å². The van der Waals surface area contributed by atoms with Gasteiger partial charge in [-0.25, -0.2) is 0 Å². The van der Waals surface area contributed by atoms with Crippen molar-refractivity contribution in [3.8, 4) is 0 Å². The summed E-state index contributed by atoms with van der Waals surface area (Å²) < 4.78 is 0. The molecule has 0 aliphatic rings. The molecule has 46 valence electrons. The van der Waals surface area contributed by atoms with Crippen LogP contribution in [0.5, 0.6) is 0 Å². The first kappa shape index (κ1) is 7.49. The molecule has 0 aromatic rings. The van der Waals surface area contributed by atoms with Crippen molar-refractivity contribution >= 4 is 22.0 Å². The third-order valence-corrected chi connectivity index (χ3v) is 1.27. The van der Waals surface area contributed by atoms with E-state index in [2.05, 4.69) is 4.99 Å². The van der Waals surface area contributed by atoms with Gasteiger partial charge in [-0.2, -0.15) is 0 Å². The van der Waals surface area contributed by atoms with Crippen molar-refractivity contribution in [1.82, 2.24) is 0 Å². The first-order chi connectivity index (χ1) is 3.66. The molecule has 8 heavy (non-hydrogen) atoms. The summed E-state index contributed by atoms with van der Waals surface area (Å²) in [6.07, 6.45) is 0. The van der Waals surface area contributed by atoms with Gasteiger partial charge in [-0.3, -0.25) is 10.4 Å². The SMILES string of the molecule is CN=C(C)SC(=N)N. The van der Waals surface area contributed by atoms with Crippen molar-refractivity contribution in [2.75, 3.05) is 7.05 Å². The quantitative estimate of drug-likeness (QED) is 0.375. The van der Waals surface area contributed by atoms with Gasteiger partial charge in [0.1, 0.15) is 0 Å². The van der Waals surface area contributed by atoms with Gasteiger partial charge in [0.05, 0.1) is 5.04 Å². The topological polar surface area (TPSA) is 62.2 Å². The molecule has 0 aromatic carbocycles. The van der Waals surface area contributed by atoms with Gasteiger partial charge >= 0.3 is 0 Å². The Morgan fingerprint density at radius 2 is 2.25 bits per heavy atom. The summed E-state index contributed by atoms with van der Waals surface area (Å²) in [6, 6.07) is 0.